The fourth-order valence-corrected chi connectivity index (χ4v) is 4.40. The molecule has 0 saturated heterocycles. The molecule has 1 amide bonds. The van der Waals surface area contributed by atoms with Crippen molar-refractivity contribution >= 4 is 34.3 Å². The highest BCUT2D eigenvalue weighted by molar-refractivity contribution is 7.99. The lowest BCUT2D eigenvalue weighted by Crippen LogP contribution is -2.23. The number of carbonyl (C=O) groups is 1. The number of aryl methyl sites for hydroxylation is 1. The molecule has 0 aliphatic carbocycles. The molecule has 180 valence electrons. The predicted octanol–water partition coefficient (Wildman–Crippen LogP) is 5.22. The Kier molecular flexibility index (Phi) is 7.72. The molecule has 3 aromatic carbocycles. The predicted molar refractivity (Wildman–Crippen MR) is 140 cm³/mol. The van der Waals surface area contributed by atoms with Crippen molar-refractivity contribution in [2.24, 2.45) is 0 Å². The van der Waals surface area contributed by atoms with Crippen molar-refractivity contribution in [2.75, 3.05) is 24.3 Å². The Labute approximate surface area is 208 Å². The van der Waals surface area contributed by atoms with E-state index in [4.69, 9.17) is 14.5 Å². The quantitative estimate of drug-likeness (QED) is 0.256. The Hall–Kier alpha value is -3.78. The normalized spacial score (nSPS) is 10.8. The number of fused-ring (bicyclic) bond motifs is 1. The van der Waals surface area contributed by atoms with Gasteiger partial charge in [0.1, 0.15) is 11.5 Å². The van der Waals surface area contributed by atoms with Crippen LogP contribution >= 0.6 is 11.8 Å². The second-order valence-corrected chi connectivity index (χ2v) is 8.69. The number of ether oxygens (including phenoxy) is 2. The number of amides is 1. The van der Waals surface area contributed by atoms with Crippen molar-refractivity contribution in [3.8, 4) is 17.2 Å². The molecule has 4 rings (SSSR count). The SMILES string of the molecule is CCOc1ccc(OCC)c(NC(=O)CSc2nc3ccccc3c(=O)n2-c2ccc(C)cc2)c1. The number of benzene rings is 3. The van der Waals surface area contributed by atoms with Gasteiger partial charge in [0, 0.05) is 6.07 Å². The summed E-state index contributed by atoms with van der Waals surface area (Å²) in [6.45, 7) is 6.75. The lowest BCUT2D eigenvalue weighted by atomic mass is 10.2. The number of hydrogen-bond acceptors (Lipinski definition) is 6. The summed E-state index contributed by atoms with van der Waals surface area (Å²) in [5.41, 5.74) is 2.73. The van der Waals surface area contributed by atoms with E-state index in [1.54, 1.807) is 34.9 Å². The smallest absolute Gasteiger partial charge is 0.266 e. The lowest BCUT2D eigenvalue weighted by Gasteiger charge is -2.15. The van der Waals surface area contributed by atoms with Crippen molar-refractivity contribution in [1.29, 1.82) is 0 Å². The maximum Gasteiger partial charge on any atom is 0.266 e. The number of hydrogen-bond donors (Lipinski definition) is 1. The number of nitrogens with one attached hydrogen (secondary N) is 1. The van der Waals surface area contributed by atoms with Gasteiger partial charge in [0.25, 0.3) is 5.56 Å². The highest BCUT2D eigenvalue weighted by Gasteiger charge is 2.16. The molecule has 0 unspecified atom stereocenters. The van der Waals surface area contributed by atoms with Crippen molar-refractivity contribution in [3.05, 3.63) is 82.6 Å². The average Bonchev–Trinajstić information content (AvgIpc) is 2.85. The number of para-hydroxylation sites is 1. The molecule has 1 heterocycles. The molecule has 0 radical (unpaired) electrons. The summed E-state index contributed by atoms with van der Waals surface area (Å²) in [6, 6.07) is 20.2. The van der Waals surface area contributed by atoms with Crippen LogP contribution in [0.1, 0.15) is 19.4 Å². The lowest BCUT2D eigenvalue weighted by molar-refractivity contribution is -0.113. The van der Waals surface area contributed by atoms with Gasteiger partial charge < -0.3 is 14.8 Å². The third-order valence-electron chi connectivity index (χ3n) is 5.21. The van der Waals surface area contributed by atoms with E-state index in [9.17, 15) is 9.59 Å². The van der Waals surface area contributed by atoms with E-state index in [1.807, 2.05) is 57.2 Å². The molecule has 4 aromatic rings. The Morgan fingerprint density at radius 2 is 1.74 bits per heavy atom. The summed E-state index contributed by atoms with van der Waals surface area (Å²) in [7, 11) is 0. The molecule has 35 heavy (non-hydrogen) atoms. The molecule has 7 nitrogen and oxygen atoms in total. The van der Waals surface area contributed by atoms with Gasteiger partial charge in [-0.15, -0.1) is 0 Å². The zero-order valence-electron chi connectivity index (χ0n) is 19.9. The molecule has 1 N–H and O–H groups in total. The number of aromatic nitrogens is 2. The van der Waals surface area contributed by atoms with Crippen LogP contribution in [0.15, 0.2) is 76.7 Å². The Morgan fingerprint density at radius 3 is 2.49 bits per heavy atom. The summed E-state index contributed by atoms with van der Waals surface area (Å²) < 4.78 is 12.8. The van der Waals surface area contributed by atoms with Crippen molar-refractivity contribution in [3.63, 3.8) is 0 Å². The van der Waals surface area contributed by atoms with Gasteiger partial charge in [-0.1, -0.05) is 41.6 Å². The summed E-state index contributed by atoms with van der Waals surface area (Å²) in [5.74, 6) is 1.02. The first-order valence-electron chi connectivity index (χ1n) is 11.4. The minimum absolute atomic E-state index is 0.0566. The zero-order valence-corrected chi connectivity index (χ0v) is 20.7. The number of rotatable bonds is 9. The average molecular weight is 490 g/mol. The van der Waals surface area contributed by atoms with E-state index in [-0.39, 0.29) is 17.2 Å². The summed E-state index contributed by atoms with van der Waals surface area (Å²) in [6.07, 6.45) is 0. The van der Waals surface area contributed by atoms with Crippen LogP contribution in [-0.4, -0.2) is 34.4 Å². The highest BCUT2D eigenvalue weighted by Crippen LogP contribution is 2.30. The molecule has 0 aliphatic rings. The van der Waals surface area contributed by atoms with Crippen LogP contribution in [0.5, 0.6) is 11.5 Å². The van der Waals surface area contributed by atoms with Crippen LogP contribution in [0.25, 0.3) is 16.6 Å². The summed E-state index contributed by atoms with van der Waals surface area (Å²) in [5, 5.41) is 3.87. The summed E-state index contributed by atoms with van der Waals surface area (Å²) >= 11 is 1.20. The van der Waals surface area contributed by atoms with E-state index in [2.05, 4.69) is 5.32 Å². The molecule has 0 bridgehead atoms. The first kappa shape index (κ1) is 24.3. The van der Waals surface area contributed by atoms with Crippen LogP contribution < -0.4 is 20.3 Å². The maximum absolute atomic E-state index is 13.4. The second-order valence-electron chi connectivity index (χ2n) is 7.75. The molecular formula is C27H27N3O4S. The van der Waals surface area contributed by atoms with E-state index in [1.165, 1.54) is 11.8 Å². The largest absolute Gasteiger partial charge is 0.494 e. The van der Waals surface area contributed by atoms with Gasteiger partial charge in [0.2, 0.25) is 5.91 Å². The van der Waals surface area contributed by atoms with Gasteiger partial charge in [-0.05, 0) is 57.2 Å². The van der Waals surface area contributed by atoms with Gasteiger partial charge in [-0.2, -0.15) is 0 Å². The minimum Gasteiger partial charge on any atom is -0.494 e. The van der Waals surface area contributed by atoms with Gasteiger partial charge in [0.15, 0.2) is 5.16 Å². The van der Waals surface area contributed by atoms with Gasteiger partial charge in [-0.3, -0.25) is 14.2 Å². The molecule has 0 saturated carbocycles. The molecule has 0 fully saturated rings. The molecular weight excluding hydrogens is 462 g/mol. The van der Waals surface area contributed by atoms with Crippen LogP contribution in [0.3, 0.4) is 0 Å². The highest BCUT2D eigenvalue weighted by atomic mass is 32.2. The van der Waals surface area contributed by atoms with Crippen LogP contribution in [0.2, 0.25) is 0 Å². The topological polar surface area (TPSA) is 82.5 Å². The number of anilines is 1. The molecule has 8 heteroatoms. The van der Waals surface area contributed by atoms with E-state index in [0.717, 1.165) is 5.56 Å². The first-order chi connectivity index (χ1) is 17.0. The molecule has 0 aliphatic heterocycles. The zero-order chi connectivity index (χ0) is 24.8. The fraction of sp³-hybridized carbons (Fsp3) is 0.222. The number of carbonyl (C=O) groups excluding carboxylic acids is 1. The molecule has 1 aromatic heterocycles. The van der Waals surface area contributed by atoms with Crippen LogP contribution in [-0.2, 0) is 4.79 Å². The Morgan fingerprint density at radius 1 is 1.00 bits per heavy atom. The minimum atomic E-state index is -0.248. The van der Waals surface area contributed by atoms with Crippen molar-refractivity contribution in [2.45, 2.75) is 25.9 Å². The standard InChI is InChI=1S/C27H27N3O4S/c1-4-33-20-14-15-24(34-5-2)23(16-20)28-25(31)17-35-27-29-22-9-7-6-8-21(22)26(32)30(27)19-12-10-18(3)11-13-19/h6-16H,4-5,17H2,1-3H3,(H,28,31). The Balaban J connectivity index is 1.62. The van der Waals surface area contributed by atoms with Gasteiger partial charge in [0.05, 0.1) is 41.2 Å². The van der Waals surface area contributed by atoms with E-state index >= 15 is 0 Å². The maximum atomic E-state index is 13.4. The molecule has 0 spiro atoms. The van der Waals surface area contributed by atoms with Crippen LogP contribution in [0, 0.1) is 6.92 Å². The van der Waals surface area contributed by atoms with E-state index < -0.39 is 0 Å². The fourth-order valence-electron chi connectivity index (χ4n) is 3.59. The van der Waals surface area contributed by atoms with Gasteiger partial charge in [-0.25, -0.2) is 4.98 Å². The van der Waals surface area contributed by atoms with E-state index in [0.29, 0.717) is 52.1 Å². The second kappa shape index (κ2) is 11.1. The third kappa shape index (κ3) is 5.66. The monoisotopic (exact) mass is 489 g/mol. The number of thioether (sulfide) groups is 1. The van der Waals surface area contributed by atoms with Crippen molar-refractivity contribution < 1.29 is 14.3 Å². The van der Waals surface area contributed by atoms with Gasteiger partial charge >= 0.3 is 0 Å². The third-order valence-corrected chi connectivity index (χ3v) is 6.14. The summed E-state index contributed by atoms with van der Waals surface area (Å²) in [4.78, 5) is 31.0. The number of nitrogens with zero attached hydrogens (tertiary/aromatic N) is 2. The Bertz CT molecular complexity index is 1400. The molecule has 0 atom stereocenters. The first-order valence-corrected chi connectivity index (χ1v) is 12.4. The van der Waals surface area contributed by atoms with Crippen LogP contribution in [0.4, 0.5) is 5.69 Å². The van der Waals surface area contributed by atoms with Crippen molar-refractivity contribution in [1.82, 2.24) is 9.55 Å².